The molecule has 0 fully saturated rings. The van der Waals surface area contributed by atoms with Gasteiger partial charge in [0.05, 0.1) is 18.8 Å². The molecule has 6 nitrogen and oxygen atoms in total. The van der Waals surface area contributed by atoms with Gasteiger partial charge in [-0.25, -0.2) is 9.97 Å². The van der Waals surface area contributed by atoms with Gasteiger partial charge in [0, 0.05) is 26.5 Å². The number of thiazole rings is 1. The second-order valence-corrected chi connectivity index (χ2v) is 6.23. The van der Waals surface area contributed by atoms with Crippen molar-refractivity contribution in [2.45, 2.75) is 19.3 Å². The fraction of sp³-hybridized carbons (Fsp3) is 0.400. The van der Waals surface area contributed by atoms with Gasteiger partial charge in [0.2, 0.25) is 0 Å². The van der Waals surface area contributed by atoms with E-state index in [1.807, 2.05) is 37.2 Å². The molecule has 0 bridgehead atoms. The maximum absolute atomic E-state index is 12.5. The third kappa shape index (κ3) is 6.59. The Morgan fingerprint density at radius 1 is 1.19 bits per heavy atom. The predicted molar refractivity (Wildman–Crippen MR) is 108 cm³/mol. The minimum Gasteiger partial charge on any atom is -0.363 e. The van der Waals surface area contributed by atoms with Crippen molar-refractivity contribution in [3.8, 4) is 0 Å². The van der Waals surface area contributed by atoms with Crippen LogP contribution in [0.5, 0.6) is 0 Å². The molecule has 2 N–H and O–H groups in total. The third-order valence-corrected chi connectivity index (χ3v) is 4.01. The summed E-state index contributed by atoms with van der Waals surface area (Å²) in [6, 6.07) is 5.69. The summed E-state index contributed by atoms with van der Waals surface area (Å²) in [7, 11) is 5.40. The van der Waals surface area contributed by atoms with Crippen molar-refractivity contribution >= 4 is 47.1 Å². The van der Waals surface area contributed by atoms with Crippen LogP contribution in [0.2, 0.25) is 0 Å². The van der Waals surface area contributed by atoms with Crippen molar-refractivity contribution in [3.05, 3.63) is 40.0 Å². The minimum atomic E-state index is -4.42. The number of rotatable bonds is 5. The molecule has 144 valence electrons. The number of alkyl halides is 3. The Labute approximate surface area is 171 Å². The van der Waals surface area contributed by atoms with Gasteiger partial charge in [-0.3, -0.25) is 4.99 Å². The quantitative estimate of drug-likeness (QED) is 0.376. The lowest BCUT2D eigenvalue weighted by atomic mass is 10.3. The van der Waals surface area contributed by atoms with Gasteiger partial charge in [-0.1, -0.05) is 6.07 Å². The SMILES string of the molecule is CN=C(NCc1cccc(N(C)C)n1)NCc1nc(C(F)(F)F)cs1.I. The van der Waals surface area contributed by atoms with Gasteiger partial charge >= 0.3 is 6.18 Å². The zero-order chi connectivity index (χ0) is 18.4. The fourth-order valence-electron chi connectivity index (χ4n) is 1.89. The molecular formula is C15H20F3IN6S. The van der Waals surface area contributed by atoms with Crippen molar-refractivity contribution in [1.82, 2.24) is 20.6 Å². The summed E-state index contributed by atoms with van der Waals surface area (Å²) in [6.07, 6.45) is -4.42. The Hall–Kier alpha value is -1.63. The predicted octanol–water partition coefficient (Wildman–Crippen LogP) is 3.11. The summed E-state index contributed by atoms with van der Waals surface area (Å²) in [5.41, 5.74) is -0.0512. The highest BCUT2D eigenvalue weighted by Gasteiger charge is 2.33. The van der Waals surface area contributed by atoms with Gasteiger partial charge in [0.1, 0.15) is 10.8 Å². The lowest BCUT2D eigenvalue weighted by Crippen LogP contribution is -2.36. The summed E-state index contributed by atoms with van der Waals surface area (Å²) in [5.74, 6) is 1.30. The number of aromatic nitrogens is 2. The van der Waals surface area contributed by atoms with Crippen LogP contribution in [0.3, 0.4) is 0 Å². The molecule has 0 saturated carbocycles. The Kier molecular flexibility index (Phi) is 8.53. The van der Waals surface area contributed by atoms with Crippen LogP contribution in [0.25, 0.3) is 0 Å². The number of aliphatic imine (C=N–C) groups is 1. The number of nitrogens with one attached hydrogen (secondary N) is 2. The highest BCUT2D eigenvalue weighted by atomic mass is 127. The molecule has 2 rings (SSSR count). The highest BCUT2D eigenvalue weighted by molar-refractivity contribution is 14.0. The first kappa shape index (κ1) is 22.4. The largest absolute Gasteiger partial charge is 0.434 e. The standard InChI is InChI=1S/C15H19F3N6S.HI/c1-19-14(20-7-10-5-4-6-12(22-10)24(2)3)21-8-13-23-11(9-25-13)15(16,17)18;/h4-6,9H,7-8H2,1-3H3,(H2,19,20,21);1H. The van der Waals surface area contributed by atoms with Gasteiger partial charge in [0.25, 0.3) is 0 Å². The Balaban J connectivity index is 0.00000338. The van der Waals surface area contributed by atoms with Gasteiger partial charge < -0.3 is 15.5 Å². The van der Waals surface area contributed by atoms with Gasteiger partial charge in [-0.2, -0.15) is 13.2 Å². The Bertz CT molecular complexity index is 732. The normalized spacial score (nSPS) is 11.7. The first-order valence-corrected chi connectivity index (χ1v) is 8.27. The third-order valence-electron chi connectivity index (χ3n) is 3.16. The van der Waals surface area contributed by atoms with Crippen molar-refractivity contribution < 1.29 is 13.2 Å². The van der Waals surface area contributed by atoms with Crippen LogP contribution in [0.1, 0.15) is 16.4 Å². The molecule has 0 aliphatic carbocycles. The smallest absolute Gasteiger partial charge is 0.363 e. The molecule has 2 heterocycles. The summed E-state index contributed by atoms with van der Waals surface area (Å²) in [6.45, 7) is 0.596. The number of hydrogen-bond acceptors (Lipinski definition) is 5. The van der Waals surface area contributed by atoms with Crippen LogP contribution < -0.4 is 15.5 Å². The average molecular weight is 500 g/mol. The molecule has 0 amide bonds. The van der Waals surface area contributed by atoms with Crippen LogP contribution in [0, 0.1) is 0 Å². The van der Waals surface area contributed by atoms with E-state index >= 15 is 0 Å². The lowest BCUT2D eigenvalue weighted by Gasteiger charge is -2.14. The summed E-state index contributed by atoms with van der Waals surface area (Å²) in [5, 5.41) is 7.35. The van der Waals surface area contributed by atoms with Gasteiger partial charge in [-0.05, 0) is 12.1 Å². The molecule has 0 saturated heterocycles. The molecule has 0 unspecified atom stereocenters. The molecule has 0 aliphatic heterocycles. The van der Waals surface area contributed by atoms with Crippen LogP contribution in [0.15, 0.2) is 28.6 Å². The van der Waals surface area contributed by atoms with Crippen LogP contribution in [0.4, 0.5) is 19.0 Å². The molecule has 26 heavy (non-hydrogen) atoms. The van der Waals surface area contributed by atoms with Gasteiger partial charge in [-0.15, -0.1) is 35.3 Å². The number of anilines is 1. The number of guanidine groups is 1. The molecule has 0 aromatic carbocycles. The van der Waals surface area contributed by atoms with Crippen molar-refractivity contribution in [1.29, 1.82) is 0 Å². The van der Waals surface area contributed by atoms with E-state index in [2.05, 4.69) is 25.6 Å². The molecule has 2 aromatic heterocycles. The summed E-state index contributed by atoms with van der Waals surface area (Å²) >= 11 is 0.954. The van der Waals surface area contributed by atoms with E-state index in [0.717, 1.165) is 28.2 Å². The van der Waals surface area contributed by atoms with Crippen molar-refractivity contribution in [2.24, 2.45) is 4.99 Å². The minimum absolute atomic E-state index is 0. The van der Waals surface area contributed by atoms with E-state index in [0.29, 0.717) is 17.5 Å². The van der Waals surface area contributed by atoms with E-state index in [4.69, 9.17) is 0 Å². The van der Waals surface area contributed by atoms with Crippen molar-refractivity contribution in [3.63, 3.8) is 0 Å². The number of pyridine rings is 1. The Morgan fingerprint density at radius 3 is 2.46 bits per heavy atom. The Morgan fingerprint density at radius 2 is 1.88 bits per heavy atom. The number of halogens is 4. The maximum atomic E-state index is 12.5. The lowest BCUT2D eigenvalue weighted by molar-refractivity contribution is -0.140. The topological polar surface area (TPSA) is 65.4 Å². The average Bonchev–Trinajstić information content (AvgIpc) is 3.04. The molecule has 0 aliphatic rings. The van der Waals surface area contributed by atoms with E-state index in [-0.39, 0.29) is 30.5 Å². The molecule has 0 atom stereocenters. The van der Waals surface area contributed by atoms with E-state index in [1.165, 1.54) is 0 Å². The van der Waals surface area contributed by atoms with E-state index in [1.54, 1.807) is 7.05 Å². The molecule has 0 radical (unpaired) electrons. The zero-order valence-electron chi connectivity index (χ0n) is 14.5. The van der Waals surface area contributed by atoms with Crippen LogP contribution in [-0.2, 0) is 19.3 Å². The van der Waals surface area contributed by atoms with Crippen LogP contribution in [-0.4, -0.2) is 37.1 Å². The monoisotopic (exact) mass is 500 g/mol. The summed E-state index contributed by atoms with van der Waals surface area (Å²) in [4.78, 5) is 14.0. The first-order chi connectivity index (χ1) is 11.8. The van der Waals surface area contributed by atoms with E-state index < -0.39 is 11.9 Å². The highest BCUT2D eigenvalue weighted by Crippen LogP contribution is 2.29. The maximum Gasteiger partial charge on any atom is 0.434 e. The fourth-order valence-corrected chi connectivity index (χ4v) is 2.63. The molecule has 11 heteroatoms. The number of hydrogen-bond donors (Lipinski definition) is 2. The van der Waals surface area contributed by atoms with Crippen molar-refractivity contribution in [2.75, 3.05) is 26.0 Å². The molecular weight excluding hydrogens is 480 g/mol. The molecule has 0 spiro atoms. The van der Waals surface area contributed by atoms with E-state index in [9.17, 15) is 13.2 Å². The zero-order valence-corrected chi connectivity index (χ0v) is 17.6. The number of nitrogens with zero attached hydrogens (tertiary/aromatic N) is 4. The molecule has 2 aromatic rings. The first-order valence-electron chi connectivity index (χ1n) is 7.39. The van der Waals surface area contributed by atoms with Crippen LogP contribution >= 0.6 is 35.3 Å². The second kappa shape index (κ2) is 9.90. The summed E-state index contributed by atoms with van der Waals surface area (Å²) < 4.78 is 37.6. The second-order valence-electron chi connectivity index (χ2n) is 5.29. The van der Waals surface area contributed by atoms with Gasteiger partial charge in [0.15, 0.2) is 11.7 Å².